The Kier molecular flexibility index (Phi) is 6.53. The summed E-state index contributed by atoms with van der Waals surface area (Å²) in [5.74, 6) is 2.00. The number of ether oxygens (including phenoxy) is 2. The number of fused-ring (bicyclic) bond motifs is 1. The van der Waals surface area contributed by atoms with Crippen LogP contribution in [0.2, 0.25) is 0 Å². The Morgan fingerprint density at radius 2 is 1.79 bits per heavy atom. The lowest BCUT2D eigenvalue weighted by atomic mass is 10.2. The SMILES string of the molecule is I.NC(=NCc1ccc(O)cc1)Nc1ccc2c(c1)OCCCO2. The van der Waals surface area contributed by atoms with Gasteiger partial charge >= 0.3 is 0 Å². The molecule has 1 heterocycles. The van der Waals surface area contributed by atoms with E-state index in [1.165, 1.54) is 0 Å². The van der Waals surface area contributed by atoms with E-state index < -0.39 is 0 Å². The number of benzene rings is 2. The van der Waals surface area contributed by atoms with Gasteiger partial charge in [-0.1, -0.05) is 12.1 Å². The molecule has 24 heavy (non-hydrogen) atoms. The maximum atomic E-state index is 9.25. The van der Waals surface area contributed by atoms with Gasteiger partial charge < -0.3 is 25.6 Å². The van der Waals surface area contributed by atoms with Gasteiger partial charge in [0.2, 0.25) is 0 Å². The average Bonchev–Trinajstić information content (AvgIpc) is 2.79. The number of guanidine groups is 1. The van der Waals surface area contributed by atoms with E-state index in [4.69, 9.17) is 15.2 Å². The third-order valence-electron chi connectivity index (χ3n) is 3.39. The largest absolute Gasteiger partial charge is 0.508 e. The van der Waals surface area contributed by atoms with Gasteiger partial charge in [-0.15, -0.1) is 24.0 Å². The Labute approximate surface area is 157 Å². The van der Waals surface area contributed by atoms with Crippen LogP contribution in [0.15, 0.2) is 47.5 Å². The number of hydrogen-bond acceptors (Lipinski definition) is 4. The quantitative estimate of drug-likeness (QED) is 0.387. The maximum Gasteiger partial charge on any atom is 0.193 e. The van der Waals surface area contributed by atoms with Crippen LogP contribution >= 0.6 is 24.0 Å². The van der Waals surface area contributed by atoms with Gasteiger partial charge in [-0.25, -0.2) is 4.99 Å². The molecule has 0 unspecified atom stereocenters. The number of phenols is 1. The van der Waals surface area contributed by atoms with E-state index in [2.05, 4.69) is 10.3 Å². The van der Waals surface area contributed by atoms with E-state index in [0.29, 0.717) is 31.5 Å². The van der Waals surface area contributed by atoms with Crippen molar-refractivity contribution in [3.63, 3.8) is 0 Å². The van der Waals surface area contributed by atoms with Crippen LogP contribution in [0.25, 0.3) is 0 Å². The molecule has 2 aromatic rings. The predicted octanol–water partition coefficient (Wildman–Crippen LogP) is 3.10. The van der Waals surface area contributed by atoms with Gasteiger partial charge in [0.1, 0.15) is 5.75 Å². The molecule has 0 bridgehead atoms. The smallest absolute Gasteiger partial charge is 0.193 e. The fourth-order valence-corrected chi connectivity index (χ4v) is 2.21. The zero-order chi connectivity index (χ0) is 16.1. The van der Waals surface area contributed by atoms with Crippen LogP contribution in [0.4, 0.5) is 5.69 Å². The third kappa shape index (κ3) is 4.92. The minimum atomic E-state index is 0. The molecule has 0 saturated carbocycles. The number of aromatic hydroxyl groups is 1. The number of halogens is 1. The van der Waals surface area contributed by atoms with Gasteiger partial charge in [-0.05, 0) is 29.8 Å². The second-order valence-electron chi connectivity index (χ2n) is 5.20. The summed E-state index contributed by atoms with van der Waals surface area (Å²) in [5, 5.41) is 12.3. The first-order valence-electron chi connectivity index (χ1n) is 7.45. The predicted molar refractivity (Wildman–Crippen MR) is 105 cm³/mol. The molecule has 7 heteroatoms. The lowest BCUT2D eigenvalue weighted by molar-refractivity contribution is 0.297. The van der Waals surface area contributed by atoms with E-state index in [9.17, 15) is 5.11 Å². The fourth-order valence-electron chi connectivity index (χ4n) is 2.21. The summed E-state index contributed by atoms with van der Waals surface area (Å²) in [4.78, 5) is 4.28. The van der Waals surface area contributed by atoms with Gasteiger partial charge in [0, 0.05) is 18.2 Å². The van der Waals surface area contributed by atoms with Crippen molar-refractivity contribution in [2.45, 2.75) is 13.0 Å². The van der Waals surface area contributed by atoms with E-state index in [0.717, 1.165) is 23.4 Å². The highest BCUT2D eigenvalue weighted by atomic mass is 127. The Hall–Kier alpha value is -2.16. The summed E-state index contributed by atoms with van der Waals surface area (Å²) in [5.41, 5.74) is 7.66. The number of rotatable bonds is 3. The molecule has 0 amide bonds. The van der Waals surface area contributed by atoms with Gasteiger partial charge in [0.25, 0.3) is 0 Å². The lowest BCUT2D eigenvalue weighted by Gasteiger charge is -2.10. The number of anilines is 1. The number of aliphatic imine (C=N–C) groups is 1. The molecule has 3 rings (SSSR count). The van der Waals surface area contributed by atoms with Crippen LogP contribution in [0, 0.1) is 0 Å². The first-order valence-corrected chi connectivity index (χ1v) is 7.45. The van der Waals surface area contributed by atoms with E-state index >= 15 is 0 Å². The molecule has 0 fully saturated rings. The molecule has 6 nitrogen and oxygen atoms in total. The van der Waals surface area contributed by atoms with Crippen molar-refractivity contribution in [3.05, 3.63) is 48.0 Å². The van der Waals surface area contributed by atoms with Crippen molar-refractivity contribution < 1.29 is 14.6 Å². The third-order valence-corrected chi connectivity index (χ3v) is 3.39. The lowest BCUT2D eigenvalue weighted by Crippen LogP contribution is -2.22. The first-order chi connectivity index (χ1) is 11.2. The second kappa shape index (κ2) is 8.62. The Morgan fingerprint density at radius 1 is 1.08 bits per heavy atom. The minimum absolute atomic E-state index is 0. The summed E-state index contributed by atoms with van der Waals surface area (Å²) in [6.45, 7) is 1.74. The number of nitrogens with two attached hydrogens (primary N) is 1. The zero-order valence-corrected chi connectivity index (χ0v) is 15.4. The van der Waals surface area contributed by atoms with Crippen LogP contribution in [0.1, 0.15) is 12.0 Å². The number of nitrogens with one attached hydrogen (secondary N) is 1. The van der Waals surface area contributed by atoms with Crippen LogP contribution in [-0.2, 0) is 6.54 Å². The Morgan fingerprint density at radius 3 is 2.54 bits per heavy atom. The van der Waals surface area contributed by atoms with Gasteiger partial charge in [-0.3, -0.25) is 0 Å². The summed E-state index contributed by atoms with van der Waals surface area (Å²) in [7, 11) is 0. The van der Waals surface area contributed by atoms with Crippen molar-refractivity contribution in [2.75, 3.05) is 18.5 Å². The minimum Gasteiger partial charge on any atom is -0.508 e. The molecule has 1 aliphatic rings. The number of hydrogen-bond donors (Lipinski definition) is 3. The van der Waals surface area contributed by atoms with Crippen LogP contribution in [0.3, 0.4) is 0 Å². The Bertz CT molecular complexity index is 705. The fraction of sp³-hybridized carbons (Fsp3) is 0.235. The number of nitrogens with zero attached hydrogens (tertiary/aromatic N) is 1. The van der Waals surface area contributed by atoms with Gasteiger partial charge in [-0.2, -0.15) is 0 Å². The summed E-state index contributed by atoms with van der Waals surface area (Å²) >= 11 is 0. The average molecular weight is 441 g/mol. The van der Waals surface area contributed by atoms with E-state index in [1.54, 1.807) is 24.3 Å². The summed E-state index contributed by atoms with van der Waals surface area (Å²) < 4.78 is 11.2. The van der Waals surface area contributed by atoms with E-state index in [1.807, 2.05) is 18.2 Å². The molecule has 0 aromatic heterocycles. The molecule has 128 valence electrons. The highest BCUT2D eigenvalue weighted by Crippen LogP contribution is 2.32. The van der Waals surface area contributed by atoms with Crippen LogP contribution in [0.5, 0.6) is 17.2 Å². The second-order valence-corrected chi connectivity index (χ2v) is 5.20. The van der Waals surface area contributed by atoms with Gasteiger partial charge in [0.05, 0.1) is 19.8 Å². The first kappa shape index (κ1) is 18.2. The number of phenolic OH excluding ortho intramolecular Hbond substituents is 1. The molecular formula is C17H20IN3O3. The topological polar surface area (TPSA) is 89.1 Å². The Balaban J connectivity index is 0.00000208. The summed E-state index contributed by atoms with van der Waals surface area (Å²) in [6, 6.07) is 12.4. The van der Waals surface area contributed by atoms with Crippen molar-refractivity contribution >= 4 is 35.6 Å². The van der Waals surface area contributed by atoms with Gasteiger partial charge in [0.15, 0.2) is 17.5 Å². The monoisotopic (exact) mass is 441 g/mol. The van der Waals surface area contributed by atoms with Crippen LogP contribution in [-0.4, -0.2) is 24.3 Å². The maximum absolute atomic E-state index is 9.25. The molecule has 0 saturated heterocycles. The molecular weight excluding hydrogens is 421 g/mol. The normalized spacial score (nSPS) is 13.6. The molecule has 4 N–H and O–H groups in total. The molecule has 0 atom stereocenters. The molecule has 2 aromatic carbocycles. The molecule has 1 aliphatic heterocycles. The zero-order valence-electron chi connectivity index (χ0n) is 13.1. The van der Waals surface area contributed by atoms with Crippen molar-refractivity contribution in [1.29, 1.82) is 0 Å². The summed E-state index contributed by atoms with van der Waals surface area (Å²) in [6.07, 6.45) is 0.869. The van der Waals surface area contributed by atoms with Crippen molar-refractivity contribution in [2.24, 2.45) is 10.7 Å². The highest BCUT2D eigenvalue weighted by Gasteiger charge is 2.10. The molecule has 0 aliphatic carbocycles. The van der Waals surface area contributed by atoms with Crippen molar-refractivity contribution in [1.82, 2.24) is 0 Å². The molecule has 0 spiro atoms. The highest BCUT2D eigenvalue weighted by molar-refractivity contribution is 14.0. The van der Waals surface area contributed by atoms with Crippen molar-refractivity contribution in [3.8, 4) is 17.2 Å². The van der Waals surface area contributed by atoms with E-state index in [-0.39, 0.29) is 29.7 Å². The standard InChI is InChI=1S/C17H19N3O3.HI/c18-17(19-11-12-2-5-14(21)6-3-12)20-13-4-7-15-16(10-13)23-9-1-8-22-15;/h2-7,10,21H,1,8-9,11H2,(H3,18,19,20);1H. The molecule has 0 radical (unpaired) electrons. The van der Waals surface area contributed by atoms with Crippen LogP contribution < -0.4 is 20.5 Å².